The molecule has 1 saturated heterocycles. The van der Waals surface area contributed by atoms with Crippen molar-refractivity contribution in [1.82, 2.24) is 10.3 Å². The van der Waals surface area contributed by atoms with Crippen LogP contribution in [0.3, 0.4) is 0 Å². The molecule has 2 aliphatic heterocycles. The van der Waals surface area contributed by atoms with Gasteiger partial charge in [-0.1, -0.05) is 12.1 Å². The van der Waals surface area contributed by atoms with E-state index >= 15 is 4.39 Å². The van der Waals surface area contributed by atoms with Gasteiger partial charge in [0.1, 0.15) is 18.1 Å². The van der Waals surface area contributed by atoms with Crippen molar-refractivity contribution in [1.29, 1.82) is 0 Å². The molecule has 4 N–H and O–H groups in total. The second-order valence-electron chi connectivity index (χ2n) is 9.54. The fourth-order valence-corrected chi connectivity index (χ4v) is 4.86. The van der Waals surface area contributed by atoms with Crippen molar-refractivity contribution >= 4 is 23.6 Å². The van der Waals surface area contributed by atoms with E-state index in [1.54, 1.807) is 6.07 Å². The van der Waals surface area contributed by atoms with E-state index in [-0.39, 0.29) is 29.3 Å². The third-order valence-corrected chi connectivity index (χ3v) is 7.11. The third-order valence-electron chi connectivity index (χ3n) is 7.11. The minimum absolute atomic E-state index is 0.0300. The largest absolute Gasteiger partial charge is 0.478 e. The molecule has 5 rings (SSSR count). The number of hydrazone groups is 1. The summed E-state index contributed by atoms with van der Waals surface area (Å²) in [5.74, 6) is -3.79. The highest BCUT2D eigenvalue weighted by Gasteiger charge is 2.38. The maximum atomic E-state index is 15.2. The summed E-state index contributed by atoms with van der Waals surface area (Å²) in [6, 6.07) is 6.75. The minimum Gasteiger partial charge on any atom is -0.478 e. The average Bonchev–Trinajstić information content (AvgIpc) is 3.75. The number of benzene rings is 2. The van der Waals surface area contributed by atoms with Crippen molar-refractivity contribution in [3.63, 3.8) is 0 Å². The summed E-state index contributed by atoms with van der Waals surface area (Å²) in [5, 5.41) is 33.9. The summed E-state index contributed by atoms with van der Waals surface area (Å²) in [6.45, 7) is 1.48. The van der Waals surface area contributed by atoms with E-state index in [2.05, 4.69) is 10.5 Å². The predicted octanol–water partition coefficient (Wildman–Crippen LogP) is 2.15. The molecule has 12 heteroatoms. The summed E-state index contributed by atoms with van der Waals surface area (Å²) in [7, 11) is 0. The number of carboxylic acids is 1. The molecule has 0 aromatic heterocycles. The predicted molar refractivity (Wildman–Crippen MR) is 134 cm³/mol. The zero-order chi connectivity index (χ0) is 27.0. The molecule has 3 aliphatic rings. The van der Waals surface area contributed by atoms with Crippen molar-refractivity contribution in [2.24, 2.45) is 5.10 Å². The highest BCUT2D eigenvalue weighted by molar-refractivity contribution is 5.91. The van der Waals surface area contributed by atoms with Crippen LogP contribution >= 0.6 is 0 Å². The van der Waals surface area contributed by atoms with Gasteiger partial charge in [-0.15, -0.1) is 0 Å². The van der Waals surface area contributed by atoms with Gasteiger partial charge in [0, 0.05) is 55.2 Å². The first kappa shape index (κ1) is 26.0. The smallest absolute Gasteiger partial charge is 0.336 e. The maximum absolute atomic E-state index is 15.2. The minimum atomic E-state index is -1.42. The van der Waals surface area contributed by atoms with Crippen LogP contribution in [0.1, 0.15) is 30.1 Å². The van der Waals surface area contributed by atoms with E-state index in [0.29, 0.717) is 37.6 Å². The molecule has 0 spiro atoms. The molecular formula is C26H28F3N5O4. The highest BCUT2D eigenvalue weighted by Crippen LogP contribution is 2.44. The fraction of sp³-hybridized carbons (Fsp3) is 0.385. The number of aliphatic hydroxyl groups is 2. The fourth-order valence-electron chi connectivity index (χ4n) is 4.86. The third kappa shape index (κ3) is 5.06. The number of aliphatic hydroxyl groups excluding tert-OH is 2. The lowest BCUT2D eigenvalue weighted by Gasteiger charge is -2.40. The number of aliphatic carboxylic acids is 1. The topological polar surface area (TPSA) is 112 Å². The van der Waals surface area contributed by atoms with Gasteiger partial charge in [-0.25, -0.2) is 18.0 Å². The first-order valence-electron chi connectivity index (χ1n) is 12.4. The monoisotopic (exact) mass is 531 g/mol. The SMILES string of the molecule is O=C(O)C1=CN(C2CC2)c2cc(N3CCN(C(CO)N/N=C/c4cccc(F)c4F)CC3)c(F)cc2C1O. The Morgan fingerprint density at radius 2 is 1.84 bits per heavy atom. The first-order chi connectivity index (χ1) is 18.3. The lowest BCUT2D eigenvalue weighted by atomic mass is 9.95. The Labute approximate surface area is 217 Å². The van der Waals surface area contributed by atoms with E-state index in [4.69, 9.17) is 0 Å². The molecule has 2 atom stereocenters. The van der Waals surface area contributed by atoms with Gasteiger partial charge in [0.25, 0.3) is 0 Å². The Morgan fingerprint density at radius 1 is 1.11 bits per heavy atom. The Morgan fingerprint density at radius 3 is 2.50 bits per heavy atom. The number of halogens is 3. The normalized spacial score (nSPS) is 20.9. The summed E-state index contributed by atoms with van der Waals surface area (Å²) in [5.41, 5.74) is 3.72. The molecule has 9 nitrogen and oxygen atoms in total. The van der Waals surface area contributed by atoms with Gasteiger partial charge in [0.05, 0.1) is 24.1 Å². The lowest BCUT2D eigenvalue weighted by molar-refractivity contribution is -0.133. The second kappa shape index (κ2) is 10.6. The zero-order valence-electron chi connectivity index (χ0n) is 20.4. The Kier molecular flexibility index (Phi) is 7.28. The van der Waals surface area contributed by atoms with Crippen LogP contribution < -0.4 is 15.2 Å². The number of hydrogen-bond donors (Lipinski definition) is 4. The number of carbonyl (C=O) groups is 1. The van der Waals surface area contributed by atoms with E-state index in [1.807, 2.05) is 14.7 Å². The van der Waals surface area contributed by atoms with E-state index in [0.717, 1.165) is 25.1 Å². The number of anilines is 2. The Hall–Kier alpha value is -3.61. The van der Waals surface area contributed by atoms with Gasteiger partial charge >= 0.3 is 5.97 Å². The van der Waals surface area contributed by atoms with Gasteiger partial charge in [0.2, 0.25) is 0 Å². The number of nitrogens with zero attached hydrogens (tertiary/aromatic N) is 4. The molecule has 2 aromatic rings. The van der Waals surface area contributed by atoms with Crippen LogP contribution in [0.15, 0.2) is 47.2 Å². The van der Waals surface area contributed by atoms with Crippen LogP contribution in [-0.2, 0) is 4.79 Å². The molecule has 0 amide bonds. The molecule has 0 bridgehead atoms. The van der Waals surface area contributed by atoms with Crippen LogP contribution in [0.25, 0.3) is 0 Å². The second-order valence-corrected chi connectivity index (χ2v) is 9.54. The van der Waals surface area contributed by atoms with Crippen molar-refractivity contribution in [2.75, 3.05) is 42.6 Å². The number of piperazine rings is 1. The van der Waals surface area contributed by atoms with Crippen molar-refractivity contribution in [2.45, 2.75) is 31.2 Å². The molecule has 2 aromatic carbocycles. The van der Waals surface area contributed by atoms with E-state index in [9.17, 15) is 28.9 Å². The average molecular weight is 532 g/mol. The van der Waals surface area contributed by atoms with Crippen LogP contribution in [0.5, 0.6) is 0 Å². The zero-order valence-corrected chi connectivity index (χ0v) is 20.4. The molecule has 2 unspecified atom stereocenters. The van der Waals surface area contributed by atoms with Crippen molar-refractivity contribution in [3.8, 4) is 0 Å². The van der Waals surface area contributed by atoms with Crippen LogP contribution in [0, 0.1) is 17.5 Å². The maximum Gasteiger partial charge on any atom is 0.336 e. The number of rotatable bonds is 8. The highest BCUT2D eigenvalue weighted by atomic mass is 19.2. The Balaban J connectivity index is 1.27. The number of hydrogen-bond acceptors (Lipinski definition) is 8. The van der Waals surface area contributed by atoms with Gasteiger partial charge in [0.15, 0.2) is 11.6 Å². The summed E-state index contributed by atoms with van der Waals surface area (Å²) >= 11 is 0. The quantitative estimate of drug-likeness (QED) is 0.303. The van der Waals surface area contributed by atoms with Crippen molar-refractivity contribution in [3.05, 3.63) is 70.7 Å². The van der Waals surface area contributed by atoms with Gasteiger partial charge in [-0.3, -0.25) is 10.3 Å². The number of carboxylic acid groups (broad SMARTS) is 1. The van der Waals surface area contributed by atoms with Gasteiger partial charge in [-0.05, 0) is 31.0 Å². The van der Waals surface area contributed by atoms with Crippen LogP contribution in [0.4, 0.5) is 24.5 Å². The molecule has 38 heavy (non-hydrogen) atoms. The molecule has 2 fully saturated rings. The van der Waals surface area contributed by atoms with Gasteiger partial charge in [-0.2, -0.15) is 5.10 Å². The molecule has 1 saturated carbocycles. The lowest BCUT2D eigenvalue weighted by Crippen LogP contribution is -2.55. The van der Waals surface area contributed by atoms with Crippen LogP contribution in [0.2, 0.25) is 0 Å². The summed E-state index contributed by atoms with van der Waals surface area (Å²) < 4.78 is 42.4. The standard InChI is InChI=1S/C26H28F3N5O4/c27-19-3-1-2-15(24(19)29)12-30-31-23(14-35)33-8-6-32(7-9-33)22-11-21-17(10-20(22)28)25(36)18(26(37)38)13-34(21)16-4-5-16/h1-3,10-13,16,23,25,31,35-36H,4-9,14H2,(H,37,38)/b30-12+. The number of nitrogens with one attached hydrogen (secondary N) is 1. The molecule has 0 radical (unpaired) electrons. The van der Waals surface area contributed by atoms with E-state index < -0.39 is 35.7 Å². The molecule has 202 valence electrons. The number of fused-ring (bicyclic) bond motifs is 1. The summed E-state index contributed by atoms with van der Waals surface area (Å²) in [4.78, 5) is 17.2. The Bertz CT molecular complexity index is 1280. The van der Waals surface area contributed by atoms with Crippen molar-refractivity contribution < 1.29 is 33.3 Å². The molecule has 2 heterocycles. The van der Waals surface area contributed by atoms with Crippen LogP contribution in [-0.4, -0.2) is 77.4 Å². The first-order valence-corrected chi connectivity index (χ1v) is 12.4. The molecular weight excluding hydrogens is 503 g/mol. The molecule has 1 aliphatic carbocycles. The summed E-state index contributed by atoms with van der Waals surface area (Å²) in [6.07, 6.45) is 2.35. The van der Waals surface area contributed by atoms with E-state index in [1.165, 1.54) is 24.4 Å². The van der Waals surface area contributed by atoms with Gasteiger partial charge < -0.3 is 25.1 Å².